The molecule has 1 saturated carbocycles. The topological polar surface area (TPSA) is 192 Å². The van der Waals surface area contributed by atoms with Gasteiger partial charge in [-0.1, -0.05) is 232 Å². The van der Waals surface area contributed by atoms with Gasteiger partial charge < -0.3 is 39.9 Å². The van der Waals surface area contributed by atoms with E-state index in [1.807, 2.05) is 0 Å². The van der Waals surface area contributed by atoms with Gasteiger partial charge in [-0.2, -0.15) is 0 Å². The van der Waals surface area contributed by atoms with Crippen LogP contribution in [0.25, 0.3) is 0 Å². The van der Waals surface area contributed by atoms with Gasteiger partial charge in [0, 0.05) is 13.0 Å². The smallest absolute Gasteiger partial charge is 0.457 e. The van der Waals surface area contributed by atoms with Gasteiger partial charge in [0.1, 0.15) is 42.7 Å². The van der Waals surface area contributed by atoms with Crippen molar-refractivity contribution in [2.75, 3.05) is 19.8 Å². The van der Waals surface area contributed by atoms with Gasteiger partial charge in [-0.15, -0.1) is 0 Å². The SMILES string of the molecule is CCCCCCCCCCCCCCCCCCCCCCCCC(=O)OC(COCCCCCCCCCCCCCCCC)COP(=O)(O)OC1C(O)C(O)C(O)C(O)C1O. The Balaban J connectivity index is 2.28. The second-order valence-electron chi connectivity index (χ2n) is 18.7. The fraction of sp³-hybridized carbons (Fsp3) is 0.980. The molecule has 0 spiro atoms. The summed E-state index contributed by atoms with van der Waals surface area (Å²) in [4.78, 5) is 23.2. The van der Waals surface area contributed by atoms with Crippen molar-refractivity contribution >= 4 is 13.8 Å². The molecule has 0 aromatic rings. The van der Waals surface area contributed by atoms with Gasteiger partial charge in [0.15, 0.2) is 0 Å². The molecule has 6 atom stereocenters. The number of carbonyl (C=O) groups is 1. The Bertz CT molecular complexity index is 1050. The highest BCUT2D eigenvalue weighted by Gasteiger charge is 2.51. The number of hydrogen-bond acceptors (Lipinski definition) is 11. The normalized spacial score (nSPS) is 21.7. The van der Waals surface area contributed by atoms with E-state index in [0.29, 0.717) is 13.0 Å². The van der Waals surface area contributed by atoms with Crippen molar-refractivity contribution in [1.29, 1.82) is 0 Å². The Kier molecular flexibility index (Phi) is 39.8. The van der Waals surface area contributed by atoms with Gasteiger partial charge in [0.05, 0.1) is 13.2 Å². The van der Waals surface area contributed by atoms with E-state index in [9.17, 15) is 39.8 Å². The van der Waals surface area contributed by atoms with Crippen molar-refractivity contribution < 1.29 is 58.3 Å². The summed E-state index contributed by atoms with van der Waals surface area (Å²) in [5.74, 6) is -0.469. The van der Waals surface area contributed by atoms with Crippen LogP contribution >= 0.6 is 7.82 Å². The average Bonchev–Trinajstić information content (AvgIpc) is 3.27. The van der Waals surface area contributed by atoms with Gasteiger partial charge in [-0.3, -0.25) is 13.8 Å². The minimum atomic E-state index is -5.01. The molecule has 376 valence electrons. The van der Waals surface area contributed by atoms with E-state index < -0.39 is 63.1 Å². The van der Waals surface area contributed by atoms with E-state index in [2.05, 4.69) is 13.8 Å². The average molecular weight is 923 g/mol. The maximum atomic E-state index is 12.8. The molecule has 0 radical (unpaired) electrons. The van der Waals surface area contributed by atoms with Crippen LogP contribution in [0, 0.1) is 0 Å². The third-order valence-electron chi connectivity index (χ3n) is 12.7. The molecule has 0 bridgehead atoms. The predicted octanol–water partition coefficient (Wildman–Crippen LogP) is 11.7. The zero-order valence-corrected chi connectivity index (χ0v) is 41.3. The van der Waals surface area contributed by atoms with Crippen molar-refractivity contribution in [3.8, 4) is 0 Å². The van der Waals surface area contributed by atoms with Crippen molar-refractivity contribution in [3.05, 3.63) is 0 Å². The van der Waals surface area contributed by atoms with E-state index in [-0.39, 0.29) is 13.0 Å². The Labute approximate surface area is 385 Å². The lowest BCUT2D eigenvalue weighted by Gasteiger charge is -2.41. The van der Waals surface area contributed by atoms with Crippen molar-refractivity contribution in [2.24, 2.45) is 0 Å². The van der Waals surface area contributed by atoms with Gasteiger partial charge >= 0.3 is 13.8 Å². The molecule has 0 heterocycles. The highest BCUT2D eigenvalue weighted by molar-refractivity contribution is 7.47. The Hall–Kier alpha value is -0.660. The predicted molar refractivity (Wildman–Crippen MR) is 254 cm³/mol. The van der Waals surface area contributed by atoms with Crippen LogP contribution in [0.15, 0.2) is 0 Å². The molecule has 6 N–H and O–H groups in total. The fourth-order valence-electron chi connectivity index (χ4n) is 8.54. The zero-order valence-electron chi connectivity index (χ0n) is 40.4. The molecule has 0 saturated heterocycles. The van der Waals surface area contributed by atoms with E-state index >= 15 is 0 Å². The molecule has 1 rings (SSSR count). The molecule has 0 amide bonds. The monoisotopic (exact) mass is 923 g/mol. The van der Waals surface area contributed by atoms with Crippen molar-refractivity contribution in [3.63, 3.8) is 0 Å². The summed E-state index contributed by atoms with van der Waals surface area (Å²) in [5, 5.41) is 50.3. The molecule has 0 aliphatic heterocycles. The molecule has 1 fully saturated rings. The second kappa shape index (κ2) is 41.5. The first-order valence-electron chi connectivity index (χ1n) is 26.4. The minimum Gasteiger partial charge on any atom is -0.457 e. The molecule has 13 heteroatoms. The molecule has 6 unspecified atom stereocenters. The van der Waals surface area contributed by atoms with Gasteiger partial charge in [0.2, 0.25) is 0 Å². The molecule has 63 heavy (non-hydrogen) atoms. The number of esters is 1. The summed E-state index contributed by atoms with van der Waals surface area (Å²) in [6.45, 7) is 4.32. The summed E-state index contributed by atoms with van der Waals surface area (Å²) in [6, 6.07) is 0. The van der Waals surface area contributed by atoms with E-state index in [1.54, 1.807) is 0 Å². The lowest BCUT2D eigenvalue weighted by atomic mass is 9.85. The Morgan fingerprint density at radius 2 is 0.746 bits per heavy atom. The van der Waals surface area contributed by atoms with Crippen LogP contribution in [0.3, 0.4) is 0 Å². The molecule has 12 nitrogen and oxygen atoms in total. The van der Waals surface area contributed by atoms with Crippen LogP contribution in [-0.2, 0) is 27.9 Å². The first-order valence-corrected chi connectivity index (χ1v) is 27.9. The summed E-state index contributed by atoms with van der Waals surface area (Å²) >= 11 is 0. The Morgan fingerprint density at radius 3 is 1.10 bits per heavy atom. The van der Waals surface area contributed by atoms with Crippen LogP contribution in [0.5, 0.6) is 0 Å². The molecule has 1 aliphatic rings. The summed E-state index contributed by atoms with van der Waals surface area (Å²) in [6.07, 6.45) is 33.2. The zero-order chi connectivity index (χ0) is 46.2. The van der Waals surface area contributed by atoms with Gasteiger partial charge in [0.25, 0.3) is 0 Å². The molecule has 1 aliphatic carbocycles. The van der Waals surface area contributed by atoms with Crippen LogP contribution in [0.1, 0.15) is 251 Å². The first-order chi connectivity index (χ1) is 30.5. The number of phosphoric acid groups is 1. The number of unbranched alkanes of at least 4 members (excludes halogenated alkanes) is 34. The number of ether oxygens (including phenoxy) is 2. The lowest BCUT2D eigenvalue weighted by Crippen LogP contribution is -2.64. The van der Waals surface area contributed by atoms with Crippen LogP contribution in [0.4, 0.5) is 0 Å². The first kappa shape index (κ1) is 60.4. The third kappa shape index (κ3) is 33.5. The van der Waals surface area contributed by atoms with Crippen LogP contribution in [-0.4, -0.2) is 98.9 Å². The van der Waals surface area contributed by atoms with Crippen LogP contribution in [0.2, 0.25) is 0 Å². The largest absolute Gasteiger partial charge is 0.472 e. The maximum Gasteiger partial charge on any atom is 0.472 e. The number of phosphoric ester groups is 1. The highest BCUT2D eigenvalue weighted by atomic mass is 31.2. The summed E-state index contributed by atoms with van der Waals surface area (Å²) < 4.78 is 34.3. The maximum absolute atomic E-state index is 12.8. The number of aliphatic hydroxyl groups excluding tert-OH is 5. The number of aliphatic hydroxyl groups is 5. The van der Waals surface area contributed by atoms with E-state index in [4.69, 9.17) is 18.5 Å². The number of hydrogen-bond donors (Lipinski definition) is 6. The molecular weight excluding hydrogens is 824 g/mol. The summed E-state index contributed by atoms with van der Waals surface area (Å²) in [7, 11) is -5.01. The van der Waals surface area contributed by atoms with Gasteiger partial charge in [-0.05, 0) is 12.8 Å². The van der Waals surface area contributed by atoms with Gasteiger partial charge in [-0.25, -0.2) is 4.57 Å². The number of rotatable bonds is 46. The van der Waals surface area contributed by atoms with Crippen molar-refractivity contribution in [1.82, 2.24) is 0 Å². The summed E-state index contributed by atoms with van der Waals surface area (Å²) in [5.41, 5.74) is 0. The van der Waals surface area contributed by atoms with Crippen molar-refractivity contribution in [2.45, 2.75) is 294 Å². The molecular formula is C50H99O12P. The van der Waals surface area contributed by atoms with E-state index in [1.165, 1.54) is 186 Å². The standard InChI is InChI=1S/C50H99O12P/c1-3-5-7-9-11-13-15-17-19-20-21-22-23-24-25-26-27-29-31-33-35-37-39-44(51)61-43(41-59-40-38-36-34-32-30-28-18-16-14-12-10-8-6-4-2)42-60-63(57,58)62-50-48(55)46(53)45(52)47(54)49(50)56/h43,45-50,52-56H,3-42H2,1-2H3,(H,57,58). The molecule has 0 aromatic carbocycles. The van der Waals surface area contributed by atoms with Crippen LogP contribution < -0.4 is 0 Å². The minimum absolute atomic E-state index is 0.0676. The quantitative estimate of drug-likeness (QED) is 0.0193. The molecule has 0 aromatic heterocycles. The van der Waals surface area contributed by atoms with E-state index in [0.717, 1.165) is 38.5 Å². The fourth-order valence-corrected chi connectivity index (χ4v) is 9.51. The Morgan fingerprint density at radius 1 is 0.444 bits per heavy atom. The highest BCUT2D eigenvalue weighted by Crippen LogP contribution is 2.47. The lowest BCUT2D eigenvalue weighted by molar-refractivity contribution is -0.220. The third-order valence-corrected chi connectivity index (χ3v) is 13.7. The number of carbonyl (C=O) groups excluding carboxylic acids is 1. The second-order valence-corrected chi connectivity index (χ2v) is 20.2.